The number of rotatable bonds is 4. The van der Waals surface area contributed by atoms with Crippen molar-refractivity contribution in [2.45, 2.75) is 20.8 Å². The van der Waals surface area contributed by atoms with Crippen LogP contribution in [-0.4, -0.2) is 22.9 Å². The van der Waals surface area contributed by atoms with E-state index < -0.39 is 40.9 Å². The summed E-state index contributed by atoms with van der Waals surface area (Å²) >= 11 is 0. The highest BCUT2D eigenvalue weighted by atomic mass is 19.1. The van der Waals surface area contributed by atoms with Gasteiger partial charge in [-0.3, -0.25) is 14.4 Å². The number of halogens is 1. The smallest absolute Gasteiger partial charge is 0.307 e. The molecule has 2 atom stereocenters. The number of carboxylic acids is 1. The van der Waals surface area contributed by atoms with Crippen molar-refractivity contribution in [3.05, 3.63) is 24.0 Å². The summed E-state index contributed by atoms with van der Waals surface area (Å²) in [6.07, 6.45) is 0. The van der Waals surface area contributed by atoms with Crippen molar-refractivity contribution in [2.75, 3.05) is 10.6 Å². The molecule has 7 heteroatoms. The van der Waals surface area contributed by atoms with Crippen molar-refractivity contribution in [1.29, 1.82) is 0 Å². The molecule has 0 unspecified atom stereocenters. The molecule has 0 bridgehead atoms. The molecule has 0 radical (unpaired) electrons. The Bertz CT molecular complexity index is 657. The van der Waals surface area contributed by atoms with Gasteiger partial charge in [0, 0.05) is 12.6 Å². The highest BCUT2D eigenvalue weighted by Crippen LogP contribution is 2.58. The van der Waals surface area contributed by atoms with Crippen molar-refractivity contribution >= 4 is 29.2 Å². The standard InChI is InChI=1S/C15H17FN2O4/c1-7(19)17-10-6-8(4-5-9(10)16)18-13(20)11-12(14(21)22)15(11,2)3/h4-6,11-12H,1-3H3,(H,17,19)(H,18,20)(H,21,22)/t11-,12+/m0/s1. The monoisotopic (exact) mass is 308 g/mol. The molecular weight excluding hydrogens is 291 g/mol. The lowest BCUT2D eigenvalue weighted by atomic mass is 10.1. The minimum absolute atomic E-state index is 0.0462. The quantitative estimate of drug-likeness (QED) is 0.793. The van der Waals surface area contributed by atoms with Gasteiger partial charge in [0.05, 0.1) is 17.5 Å². The maximum atomic E-state index is 13.5. The Morgan fingerprint density at radius 1 is 1.18 bits per heavy atom. The van der Waals surface area contributed by atoms with E-state index in [0.29, 0.717) is 5.69 Å². The molecule has 1 fully saturated rings. The van der Waals surface area contributed by atoms with Crippen LogP contribution in [0.25, 0.3) is 0 Å². The fourth-order valence-corrected chi connectivity index (χ4v) is 2.70. The van der Waals surface area contributed by atoms with E-state index in [1.54, 1.807) is 13.8 Å². The summed E-state index contributed by atoms with van der Waals surface area (Å²) in [5, 5.41) is 14.0. The van der Waals surface area contributed by atoms with Gasteiger partial charge in [-0.05, 0) is 23.6 Å². The van der Waals surface area contributed by atoms with Gasteiger partial charge in [0.25, 0.3) is 0 Å². The Kier molecular flexibility index (Phi) is 3.91. The molecule has 0 aliphatic heterocycles. The zero-order valence-corrected chi connectivity index (χ0v) is 12.4. The lowest BCUT2D eigenvalue weighted by Gasteiger charge is -2.09. The van der Waals surface area contributed by atoms with Gasteiger partial charge in [-0.1, -0.05) is 13.8 Å². The fourth-order valence-electron chi connectivity index (χ4n) is 2.70. The molecule has 118 valence electrons. The number of benzene rings is 1. The Morgan fingerprint density at radius 2 is 1.82 bits per heavy atom. The van der Waals surface area contributed by atoms with Crippen molar-refractivity contribution < 1.29 is 23.9 Å². The zero-order valence-electron chi connectivity index (χ0n) is 12.4. The van der Waals surface area contributed by atoms with Gasteiger partial charge < -0.3 is 15.7 Å². The first-order valence-electron chi connectivity index (χ1n) is 6.75. The minimum Gasteiger partial charge on any atom is -0.481 e. The number of nitrogens with one attached hydrogen (secondary N) is 2. The van der Waals surface area contributed by atoms with Crippen LogP contribution in [0.2, 0.25) is 0 Å². The number of anilines is 2. The Morgan fingerprint density at radius 3 is 2.32 bits per heavy atom. The van der Waals surface area contributed by atoms with Crippen molar-refractivity contribution in [3.63, 3.8) is 0 Å². The van der Waals surface area contributed by atoms with Crippen molar-refractivity contribution in [3.8, 4) is 0 Å². The maximum Gasteiger partial charge on any atom is 0.307 e. The van der Waals surface area contributed by atoms with Gasteiger partial charge in [-0.15, -0.1) is 0 Å². The highest BCUT2D eigenvalue weighted by molar-refractivity contribution is 6.00. The van der Waals surface area contributed by atoms with E-state index in [9.17, 15) is 18.8 Å². The van der Waals surface area contributed by atoms with E-state index in [2.05, 4.69) is 10.6 Å². The molecule has 0 aromatic heterocycles. The minimum atomic E-state index is -1.01. The van der Waals surface area contributed by atoms with Gasteiger partial charge in [0.2, 0.25) is 11.8 Å². The molecule has 2 amide bonds. The summed E-state index contributed by atoms with van der Waals surface area (Å²) in [4.78, 5) is 34.2. The lowest BCUT2D eigenvalue weighted by Crippen LogP contribution is -2.18. The number of hydrogen-bond donors (Lipinski definition) is 3. The molecule has 2 rings (SSSR count). The summed E-state index contributed by atoms with van der Waals surface area (Å²) in [5.41, 5.74) is -0.367. The number of aliphatic carboxylic acids is 1. The summed E-state index contributed by atoms with van der Waals surface area (Å²) in [6.45, 7) is 4.67. The van der Waals surface area contributed by atoms with Gasteiger partial charge >= 0.3 is 5.97 Å². The van der Waals surface area contributed by atoms with Crippen molar-refractivity contribution in [2.24, 2.45) is 17.3 Å². The predicted octanol–water partition coefficient (Wildman–Crippen LogP) is 2.08. The molecule has 0 saturated heterocycles. The Hall–Kier alpha value is -2.44. The maximum absolute atomic E-state index is 13.5. The van der Waals surface area contributed by atoms with E-state index in [-0.39, 0.29) is 5.69 Å². The van der Waals surface area contributed by atoms with Crippen LogP contribution in [0.1, 0.15) is 20.8 Å². The fraction of sp³-hybridized carbons (Fsp3) is 0.400. The molecule has 1 aromatic carbocycles. The molecule has 22 heavy (non-hydrogen) atoms. The van der Waals surface area contributed by atoms with Crippen LogP contribution in [0.5, 0.6) is 0 Å². The highest BCUT2D eigenvalue weighted by Gasteiger charge is 2.65. The number of carbonyl (C=O) groups is 3. The van der Waals surface area contributed by atoms with Crippen LogP contribution < -0.4 is 10.6 Å². The van der Waals surface area contributed by atoms with Crippen LogP contribution in [0.4, 0.5) is 15.8 Å². The van der Waals surface area contributed by atoms with E-state index in [1.165, 1.54) is 19.1 Å². The Balaban J connectivity index is 2.13. The topological polar surface area (TPSA) is 95.5 Å². The molecule has 0 spiro atoms. The second-order valence-electron chi connectivity index (χ2n) is 5.98. The summed E-state index contributed by atoms with van der Waals surface area (Å²) in [7, 11) is 0. The third-order valence-corrected chi connectivity index (χ3v) is 3.92. The number of carbonyl (C=O) groups excluding carboxylic acids is 2. The lowest BCUT2D eigenvalue weighted by molar-refractivity contribution is -0.140. The molecule has 1 saturated carbocycles. The van der Waals surface area contributed by atoms with Gasteiger partial charge in [-0.25, -0.2) is 4.39 Å². The zero-order chi connectivity index (χ0) is 16.7. The first-order valence-corrected chi connectivity index (χ1v) is 6.75. The van der Waals surface area contributed by atoms with E-state index >= 15 is 0 Å². The van der Waals surface area contributed by atoms with Gasteiger partial charge in [-0.2, -0.15) is 0 Å². The van der Waals surface area contributed by atoms with Crippen LogP contribution in [-0.2, 0) is 14.4 Å². The Labute approximate surface area is 126 Å². The van der Waals surface area contributed by atoms with E-state index in [1.807, 2.05) is 0 Å². The SMILES string of the molecule is CC(=O)Nc1cc(NC(=O)[C@@H]2[C@H](C(=O)O)C2(C)C)ccc1F. The van der Waals surface area contributed by atoms with E-state index in [0.717, 1.165) is 6.07 Å². The summed E-state index contributed by atoms with van der Waals surface area (Å²) in [5.74, 6) is -3.87. The first-order chi connectivity index (χ1) is 10.1. The largest absolute Gasteiger partial charge is 0.481 e. The average molecular weight is 308 g/mol. The average Bonchev–Trinajstić information content (AvgIpc) is 2.96. The summed E-state index contributed by atoms with van der Waals surface area (Å²) < 4.78 is 13.5. The van der Waals surface area contributed by atoms with Crippen LogP contribution in [0.3, 0.4) is 0 Å². The van der Waals surface area contributed by atoms with Gasteiger partial charge in [0.1, 0.15) is 5.82 Å². The molecular formula is C15H17FN2O4. The predicted molar refractivity (Wildman–Crippen MR) is 77.7 cm³/mol. The van der Waals surface area contributed by atoms with Crippen LogP contribution >= 0.6 is 0 Å². The van der Waals surface area contributed by atoms with Gasteiger partial charge in [0.15, 0.2) is 0 Å². The third-order valence-electron chi connectivity index (χ3n) is 3.92. The number of carboxylic acid groups (broad SMARTS) is 1. The van der Waals surface area contributed by atoms with E-state index in [4.69, 9.17) is 5.11 Å². The summed E-state index contributed by atoms with van der Waals surface area (Å²) in [6, 6.07) is 3.76. The first kappa shape index (κ1) is 15.9. The molecule has 1 aliphatic carbocycles. The van der Waals surface area contributed by atoms with Crippen LogP contribution in [0, 0.1) is 23.1 Å². The second-order valence-corrected chi connectivity index (χ2v) is 5.98. The number of hydrogen-bond acceptors (Lipinski definition) is 3. The molecule has 1 aliphatic rings. The second kappa shape index (κ2) is 5.40. The van der Waals surface area contributed by atoms with Crippen LogP contribution in [0.15, 0.2) is 18.2 Å². The molecule has 6 nitrogen and oxygen atoms in total. The van der Waals surface area contributed by atoms with Crippen molar-refractivity contribution in [1.82, 2.24) is 0 Å². The molecule has 3 N–H and O–H groups in total. The third kappa shape index (κ3) is 2.93. The molecule has 1 aromatic rings. The molecule has 0 heterocycles. The normalized spacial score (nSPS) is 21.8. The number of amides is 2.